The van der Waals surface area contributed by atoms with Crippen LogP contribution in [0.15, 0.2) is 171 Å². The van der Waals surface area contributed by atoms with Crippen molar-refractivity contribution in [2.75, 3.05) is 0 Å². The van der Waals surface area contributed by atoms with Crippen molar-refractivity contribution in [2.45, 2.75) is 0 Å². The van der Waals surface area contributed by atoms with E-state index in [1.54, 1.807) is 11.3 Å². The van der Waals surface area contributed by atoms with Crippen LogP contribution in [-0.4, -0.2) is 19.5 Å². The van der Waals surface area contributed by atoms with E-state index in [1.807, 2.05) is 12.2 Å². The van der Waals surface area contributed by atoms with Crippen molar-refractivity contribution in [3.63, 3.8) is 0 Å². The van der Waals surface area contributed by atoms with Gasteiger partial charge >= 0.3 is 0 Å². The summed E-state index contributed by atoms with van der Waals surface area (Å²) < 4.78 is 3.46. The second-order valence-electron chi connectivity index (χ2n) is 14.1. The summed E-state index contributed by atoms with van der Waals surface area (Å²) in [5.74, 6) is 1.79. The van der Waals surface area contributed by atoms with Gasteiger partial charge in [0.15, 0.2) is 11.6 Å². The Morgan fingerprint density at radius 1 is 0.482 bits per heavy atom. The summed E-state index contributed by atoms with van der Waals surface area (Å²) >= 11 is 1.74. The molecule has 4 nitrogen and oxygen atoms in total. The van der Waals surface area contributed by atoms with Crippen LogP contribution in [0.3, 0.4) is 0 Å². The summed E-state index contributed by atoms with van der Waals surface area (Å²) in [5, 5.41) is 10.4. The minimum atomic E-state index is 0.561. The Labute approximate surface area is 327 Å². The van der Waals surface area contributed by atoms with Gasteiger partial charge in [0, 0.05) is 42.4 Å². The zero-order valence-corrected chi connectivity index (χ0v) is 31.1. The van der Waals surface area contributed by atoms with Crippen LogP contribution in [0.5, 0.6) is 0 Å². The molecule has 3 aromatic heterocycles. The minimum Gasteiger partial charge on any atom is -0.277 e. The van der Waals surface area contributed by atoms with Crippen molar-refractivity contribution in [1.82, 2.24) is 19.5 Å². The fourth-order valence-electron chi connectivity index (χ4n) is 8.32. The first-order chi connectivity index (χ1) is 27.6. The molecule has 0 N–H and O–H groups in total. The highest BCUT2D eigenvalue weighted by molar-refractivity contribution is 7.20. The van der Waals surface area contributed by atoms with E-state index in [0.717, 1.165) is 65.3 Å². The van der Waals surface area contributed by atoms with Crippen LogP contribution in [0.2, 0.25) is 0 Å². The summed E-state index contributed by atoms with van der Waals surface area (Å²) in [6.07, 6.45) is 3.86. The Morgan fingerprint density at radius 3 is 1.77 bits per heavy atom. The van der Waals surface area contributed by atoms with E-state index in [1.165, 1.54) is 31.6 Å². The minimum absolute atomic E-state index is 0.561. The van der Waals surface area contributed by atoms with Crippen molar-refractivity contribution in [2.24, 2.45) is 0 Å². The third kappa shape index (κ3) is 5.02. The molecule has 0 amide bonds. The molecule has 0 atom stereocenters. The average molecular weight is 733 g/mol. The first kappa shape index (κ1) is 32.2. The number of hydrogen-bond acceptors (Lipinski definition) is 4. The predicted octanol–water partition coefficient (Wildman–Crippen LogP) is 13.9. The third-order valence-electron chi connectivity index (χ3n) is 11.0. The predicted molar refractivity (Wildman–Crippen MR) is 239 cm³/mol. The Bertz CT molecular complexity index is 3330. The molecular weight excluding hydrogens is 701 g/mol. The summed E-state index contributed by atoms with van der Waals surface area (Å²) in [6.45, 7) is 8.24. The number of hydrogen-bond donors (Lipinski definition) is 0. The number of rotatable bonds is 6. The monoisotopic (exact) mass is 732 g/mol. The van der Waals surface area contributed by atoms with E-state index in [9.17, 15) is 0 Å². The van der Waals surface area contributed by atoms with Gasteiger partial charge in [-0.3, -0.25) is 4.57 Å². The number of nitrogens with zero attached hydrogens (tertiary/aromatic N) is 4. The Morgan fingerprint density at radius 2 is 1.09 bits per heavy atom. The van der Waals surface area contributed by atoms with Crippen LogP contribution in [0.4, 0.5) is 0 Å². The molecule has 3 heterocycles. The van der Waals surface area contributed by atoms with E-state index in [-0.39, 0.29) is 0 Å². The van der Waals surface area contributed by atoms with E-state index in [2.05, 4.69) is 175 Å². The highest BCUT2D eigenvalue weighted by Gasteiger charge is 2.22. The molecule has 0 spiro atoms. The molecule has 262 valence electrons. The standard InChI is InChI=1S/C51H32N4S/c1-3-39-43-30-36(25-27-46(43)56-45(39)4-2)41-18-11-19-42-47-40-17-10-9-14-33(40)24-26-44(47)55(48(41)42)51-53-49(37-22-20-31-12-5-7-15-34(31)28-37)52-50(54-51)38-23-21-32-13-6-8-16-35(32)29-38/h3-30H,1-2H2. The smallest absolute Gasteiger partial charge is 0.238 e. The molecule has 0 aliphatic carbocycles. The topological polar surface area (TPSA) is 43.6 Å². The molecule has 0 bridgehead atoms. The van der Waals surface area contributed by atoms with Crippen LogP contribution in [0.25, 0.3) is 116 Å². The fourth-order valence-corrected chi connectivity index (χ4v) is 9.36. The zero-order valence-electron chi connectivity index (χ0n) is 30.3. The van der Waals surface area contributed by atoms with Crippen LogP contribution >= 0.6 is 11.3 Å². The molecule has 11 rings (SSSR count). The molecule has 0 aliphatic heterocycles. The van der Waals surface area contributed by atoms with Gasteiger partial charge < -0.3 is 0 Å². The first-order valence-corrected chi connectivity index (χ1v) is 19.5. The summed E-state index contributed by atoms with van der Waals surface area (Å²) in [5.41, 5.74) is 7.23. The zero-order chi connectivity index (χ0) is 37.3. The maximum atomic E-state index is 5.37. The van der Waals surface area contributed by atoms with Crippen molar-refractivity contribution >= 4 is 87.7 Å². The van der Waals surface area contributed by atoms with E-state index in [4.69, 9.17) is 15.0 Å². The first-order valence-electron chi connectivity index (χ1n) is 18.7. The van der Waals surface area contributed by atoms with Gasteiger partial charge in [-0.05, 0) is 73.8 Å². The molecule has 0 unspecified atom stereocenters. The van der Waals surface area contributed by atoms with Crippen LogP contribution in [0, 0.1) is 0 Å². The fraction of sp³-hybridized carbons (Fsp3) is 0. The van der Waals surface area contributed by atoms with Gasteiger partial charge in [-0.2, -0.15) is 9.97 Å². The summed E-state index contributed by atoms with van der Waals surface area (Å²) in [6, 6.07) is 56.0. The number of benzene rings is 8. The quantitative estimate of drug-likeness (QED) is 0.171. The molecule has 11 aromatic rings. The number of aromatic nitrogens is 4. The highest BCUT2D eigenvalue weighted by atomic mass is 32.1. The molecule has 0 fully saturated rings. The Hall–Kier alpha value is -7.21. The Balaban J connectivity index is 1.25. The molecule has 5 heteroatoms. The average Bonchev–Trinajstić information content (AvgIpc) is 3.81. The lowest BCUT2D eigenvalue weighted by molar-refractivity contribution is 0.954. The number of fused-ring (bicyclic) bond motifs is 8. The highest BCUT2D eigenvalue weighted by Crippen LogP contribution is 2.43. The van der Waals surface area contributed by atoms with Gasteiger partial charge in [0.05, 0.1) is 11.0 Å². The molecule has 0 saturated carbocycles. The lowest BCUT2D eigenvalue weighted by Gasteiger charge is -2.14. The van der Waals surface area contributed by atoms with Crippen molar-refractivity contribution in [3.05, 3.63) is 181 Å². The second kappa shape index (κ2) is 12.7. The van der Waals surface area contributed by atoms with E-state index in [0.29, 0.717) is 17.6 Å². The largest absolute Gasteiger partial charge is 0.277 e. The lowest BCUT2D eigenvalue weighted by Crippen LogP contribution is -2.07. The molecule has 8 aromatic carbocycles. The maximum absolute atomic E-state index is 5.37. The normalized spacial score (nSPS) is 11.7. The number of thiophene rings is 1. The molecule has 0 radical (unpaired) electrons. The third-order valence-corrected chi connectivity index (χ3v) is 12.2. The van der Waals surface area contributed by atoms with Crippen LogP contribution in [0.1, 0.15) is 10.4 Å². The second-order valence-corrected chi connectivity index (χ2v) is 15.2. The molecule has 0 saturated heterocycles. The van der Waals surface area contributed by atoms with Gasteiger partial charge in [0.2, 0.25) is 5.95 Å². The van der Waals surface area contributed by atoms with Gasteiger partial charge in [-0.25, -0.2) is 4.98 Å². The summed E-state index contributed by atoms with van der Waals surface area (Å²) in [7, 11) is 0. The molecule has 56 heavy (non-hydrogen) atoms. The lowest BCUT2D eigenvalue weighted by atomic mass is 9.98. The van der Waals surface area contributed by atoms with Gasteiger partial charge in [0.1, 0.15) is 0 Å². The Kier molecular flexibility index (Phi) is 7.31. The SMILES string of the molecule is C=Cc1sc2ccc(-c3cccc4c5c6ccccc6ccc5n(-c5nc(-c6ccc7ccccc7c6)nc(-c6ccc7ccccc7c6)n5)c34)cc2c1C=C. The summed E-state index contributed by atoms with van der Waals surface area (Å²) in [4.78, 5) is 17.1. The molecular formula is C51H32N4S. The maximum Gasteiger partial charge on any atom is 0.238 e. The van der Waals surface area contributed by atoms with Gasteiger partial charge in [0.25, 0.3) is 0 Å². The van der Waals surface area contributed by atoms with Crippen LogP contribution < -0.4 is 0 Å². The van der Waals surface area contributed by atoms with Gasteiger partial charge in [-0.15, -0.1) is 11.3 Å². The van der Waals surface area contributed by atoms with E-state index >= 15 is 0 Å². The van der Waals surface area contributed by atoms with Crippen molar-refractivity contribution in [1.29, 1.82) is 0 Å². The number of para-hydroxylation sites is 1. The van der Waals surface area contributed by atoms with Gasteiger partial charge in [-0.1, -0.05) is 153 Å². The van der Waals surface area contributed by atoms with Crippen LogP contribution in [-0.2, 0) is 0 Å². The van der Waals surface area contributed by atoms with Crippen molar-refractivity contribution in [3.8, 4) is 39.9 Å². The molecule has 0 aliphatic rings. The van der Waals surface area contributed by atoms with Crippen molar-refractivity contribution < 1.29 is 0 Å². The van der Waals surface area contributed by atoms with E-state index < -0.39 is 0 Å².